The Balaban J connectivity index is 1.74. The van der Waals surface area contributed by atoms with Crippen molar-refractivity contribution in [2.24, 2.45) is 27.4 Å². The summed E-state index contributed by atoms with van der Waals surface area (Å²) < 4.78 is 11.8. The van der Waals surface area contributed by atoms with Crippen LogP contribution in [0, 0.1) is 11.3 Å². The lowest BCUT2D eigenvalue weighted by molar-refractivity contribution is 0.259. The predicted molar refractivity (Wildman–Crippen MR) is 164 cm³/mol. The molecule has 0 fully saturated rings. The minimum absolute atomic E-state index is 0.169. The molecule has 1 aromatic carbocycles. The van der Waals surface area contributed by atoms with Crippen LogP contribution < -0.4 is 31.6 Å². The third-order valence-corrected chi connectivity index (χ3v) is 5.96. The summed E-state index contributed by atoms with van der Waals surface area (Å²) in [4.78, 5) is 10.7. The van der Waals surface area contributed by atoms with Crippen LogP contribution in [0.5, 0.6) is 11.5 Å². The van der Waals surface area contributed by atoms with Crippen molar-refractivity contribution in [1.82, 2.24) is 15.5 Å². The van der Waals surface area contributed by atoms with E-state index in [1.54, 1.807) is 19.3 Å². The number of nitrogens with two attached hydrogens (primary N) is 2. The summed E-state index contributed by atoms with van der Waals surface area (Å²) in [5.41, 5.74) is 17.2. The molecular weight excluding hydrogens is 504 g/mol. The number of amidine groups is 1. The maximum absolute atomic E-state index is 7.57. The van der Waals surface area contributed by atoms with Crippen molar-refractivity contribution in [1.29, 1.82) is 5.41 Å². The first kappa shape index (κ1) is 30.0. The van der Waals surface area contributed by atoms with E-state index in [1.165, 1.54) is 6.21 Å². The molecule has 0 unspecified atom stereocenters. The normalized spacial score (nSPS) is 16.3. The molecule has 0 bridgehead atoms. The molecule has 0 radical (unpaired) electrons. The Labute approximate surface area is 236 Å². The van der Waals surface area contributed by atoms with Crippen LogP contribution in [-0.2, 0) is 0 Å². The van der Waals surface area contributed by atoms with Crippen molar-refractivity contribution < 1.29 is 9.47 Å². The number of ether oxygens (including phenoxy) is 2. The standard InChI is InChI=1S/C30H40N8O2/c1-20(2)21(16-31)14-29(33)37-30-10-9-27-28(36-30)13-22(17-35-27)25(18-34-3)26(32)19-40-24-8-6-7-23(15-24)39-12-11-38(4)5/h6-10,13-18,20,31,35-36H,11-12,19,32H2,1-5H3,(H2,33,37). The molecule has 10 nitrogen and oxygen atoms in total. The summed E-state index contributed by atoms with van der Waals surface area (Å²) in [6, 6.07) is 7.51. The molecule has 1 aromatic rings. The predicted octanol–water partition coefficient (Wildman–Crippen LogP) is 3.21. The Morgan fingerprint density at radius 1 is 1.12 bits per heavy atom. The minimum atomic E-state index is 0.169. The smallest absolute Gasteiger partial charge is 0.132 e. The molecule has 2 aliphatic heterocycles. The molecule has 0 amide bonds. The maximum atomic E-state index is 7.57. The van der Waals surface area contributed by atoms with Gasteiger partial charge in [0.1, 0.15) is 36.4 Å². The summed E-state index contributed by atoms with van der Waals surface area (Å²) >= 11 is 0. The number of aliphatic imine (C=N–C) groups is 2. The van der Waals surface area contributed by atoms with Crippen molar-refractivity contribution in [2.75, 3.05) is 40.9 Å². The van der Waals surface area contributed by atoms with Gasteiger partial charge in [0.25, 0.3) is 0 Å². The molecule has 0 spiro atoms. The topological polar surface area (TPSA) is 146 Å². The number of rotatable bonds is 13. The van der Waals surface area contributed by atoms with E-state index in [9.17, 15) is 0 Å². The molecule has 7 N–H and O–H groups in total. The molecule has 2 aliphatic rings. The Hall–Kier alpha value is -4.57. The van der Waals surface area contributed by atoms with E-state index in [0.717, 1.165) is 40.4 Å². The van der Waals surface area contributed by atoms with E-state index in [-0.39, 0.29) is 12.5 Å². The second kappa shape index (κ2) is 14.5. The first-order chi connectivity index (χ1) is 19.2. The van der Waals surface area contributed by atoms with Gasteiger partial charge >= 0.3 is 0 Å². The van der Waals surface area contributed by atoms with E-state index in [2.05, 4.69) is 25.5 Å². The van der Waals surface area contributed by atoms with Gasteiger partial charge in [-0.2, -0.15) is 0 Å². The number of fused-ring (bicyclic) bond motifs is 1. The maximum Gasteiger partial charge on any atom is 0.132 e. The highest BCUT2D eigenvalue weighted by atomic mass is 16.5. The number of nitrogens with zero attached hydrogens (tertiary/aromatic N) is 3. The first-order valence-corrected chi connectivity index (χ1v) is 13.1. The van der Waals surface area contributed by atoms with Crippen LogP contribution in [0.4, 0.5) is 0 Å². The number of hydrogen-bond donors (Lipinski definition) is 5. The SMILES string of the molecule is CN=CC(C1=CNC2=CC=C(N=C(N)C=C(C=N)C(C)C)NC2=C1)=C(N)COc1cccc(OCCN(C)C)c1. The van der Waals surface area contributed by atoms with Crippen molar-refractivity contribution >= 4 is 18.3 Å². The van der Waals surface area contributed by atoms with Crippen molar-refractivity contribution in [2.45, 2.75) is 13.8 Å². The van der Waals surface area contributed by atoms with E-state index >= 15 is 0 Å². The van der Waals surface area contributed by atoms with Gasteiger partial charge in [0.05, 0.1) is 17.1 Å². The highest BCUT2D eigenvalue weighted by Gasteiger charge is 2.18. The summed E-state index contributed by atoms with van der Waals surface area (Å²) in [5, 5.41) is 14.2. The molecule has 2 heterocycles. The lowest BCUT2D eigenvalue weighted by Gasteiger charge is -2.24. The van der Waals surface area contributed by atoms with Crippen LogP contribution in [-0.4, -0.2) is 64.1 Å². The molecule has 0 aromatic heterocycles. The summed E-state index contributed by atoms with van der Waals surface area (Å²) in [6.45, 7) is 5.59. The highest BCUT2D eigenvalue weighted by Crippen LogP contribution is 2.25. The zero-order chi connectivity index (χ0) is 29.1. The van der Waals surface area contributed by atoms with Gasteiger partial charge in [-0.05, 0) is 62.0 Å². The minimum Gasteiger partial charge on any atom is -0.492 e. The van der Waals surface area contributed by atoms with Gasteiger partial charge in [0, 0.05) is 49.4 Å². The molecule has 0 aliphatic carbocycles. The van der Waals surface area contributed by atoms with Gasteiger partial charge in [0.2, 0.25) is 0 Å². The summed E-state index contributed by atoms with van der Waals surface area (Å²) in [7, 11) is 5.71. The van der Waals surface area contributed by atoms with E-state index in [4.69, 9.17) is 26.4 Å². The molecule has 3 rings (SSSR count). The molecule has 212 valence electrons. The average Bonchev–Trinajstić information content (AvgIpc) is 2.92. The molecule has 0 saturated heterocycles. The Kier molecular flexibility index (Phi) is 10.9. The quantitative estimate of drug-likeness (QED) is 0.189. The fourth-order valence-electron chi connectivity index (χ4n) is 3.74. The zero-order valence-corrected chi connectivity index (χ0v) is 23.9. The van der Waals surface area contributed by atoms with Crippen molar-refractivity contribution in [3.8, 4) is 11.5 Å². The van der Waals surface area contributed by atoms with Crippen LogP contribution in [0.2, 0.25) is 0 Å². The summed E-state index contributed by atoms with van der Waals surface area (Å²) in [5.74, 6) is 2.47. The van der Waals surface area contributed by atoms with Crippen LogP contribution in [0.15, 0.2) is 104 Å². The van der Waals surface area contributed by atoms with Gasteiger partial charge in [-0.3, -0.25) is 4.99 Å². The third-order valence-electron chi connectivity index (χ3n) is 5.96. The largest absolute Gasteiger partial charge is 0.492 e. The van der Waals surface area contributed by atoms with Gasteiger partial charge in [-0.15, -0.1) is 0 Å². The Morgan fingerprint density at radius 2 is 1.88 bits per heavy atom. The fourth-order valence-corrected chi connectivity index (χ4v) is 3.74. The lowest BCUT2D eigenvalue weighted by Crippen LogP contribution is -2.27. The Bertz CT molecular complexity index is 1330. The third kappa shape index (κ3) is 8.74. The van der Waals surface area contributed by atoms with Crippen LogP contribution in [0.3, 0.4) is 0 Å². The van der Waals surface area contributed by atoms with Gasteiger partial charge in [-0.1, -0.05) is 19.9 Å². The number of hydrogen-bond acceptors (Lipinski definition) is 9. The van der Waals surface area contributed by atoms with Crippen LogP contribution in [0.1, 0.15) is 13.8 Å². The number of nitrogens with one attached hydrogen (secondary N) is 3. The molecule has 0 atom stereocenters. The van der Waals surface area contributed by atoms with Gasteiger partial charge in [-0.25, -0.2) is 4.99 Å². The monoisotopic (exact) mass is 544 g/mol. The van der Waals surface area contributed by atoms with Crippen LogP contribution in [0.25, 0.3) is 0 Å². The summed E-state index contributed by atoms with van der Waals surface area (Å²) in [6.07, 6.45) is 12.3. The van der Waals surface area contributed by atoms with Crippen LogP contribution >= 0.6 is 0 Å². The van der Waals surface area contributed by atoms with Crippen molar-refractivity contribution in [3.05, 3.63) is 94.4 Å². The second-order valence-electron chi connectivity index (χ2n) is 9.78. The highest BCUT2D eigenvalue weighted by molar-refractivity contribution is 5.97. The Morgan fingerprint density at radius 3 is 2.55 bits per heavy atom. The van der Waals surface area contributed by atoms with E-state index in [0.29, 0.717) is 29.7 Å². The number of benzene rings is 1. The lowest BCUT2D eigenvalue weighted by atomic mass is 10.0. The fraction of sp³-hybridized carbons (Fsp3) is 0.300. The number of allylic oxidation sites excluding steroid dienone is 6. The number of likely N-dealkylation sites (N-methyl/N-ethyl adjacent to an activating group) is 1. The first-order valence-electron chi connectivity index (χ1n) is 13.1. The van der Waals surface area contributed by atoms with Gasteiger partial charge < -0.3 is 41.9 Å². The molecule has 40 heavy (non-hydrogen) atoms. The zero-order valence-electron chi connectivity index (χ0n) is 23.9. The van der Waals surface area contributed by atoms with E-state index in [1.807, 2.05) is 76.6 Å². The second-order valence-corrected chi connectivity index (χ2v) is 9.78. The molecule has 0 saturated carbocycles. The molecule has 10 heteroatoms. The van der Waals surface area contributed by atoms with Gasteiger partial charge in [0.15, 0.2) is 0 Å². The van der Waals surface area contributed by atoms with Crippen molar-refractivity contribution in [3.63, 3.8) is 0 Å². The van der Waals surface area contributed by atoms with E-state index < -0.39 is 0 Å². The number of dihydropyridines is 2. The average molecular weight is 545 g/mol. The molecular formula is C30H40N8O2.